The maximum absolute atomic E-state index is 14.4. The smallest absolute Gasteiger partial charge is 0.245 e. The van der Waals surface area contributed by atoms with E-state index in [4.69, 9.17) is 9.88 Å². The van der Waals surface area contributed by atoms with Gasteiger partial charge in [0.1, 0.15) is 5.82 Å². The van der Waals surface area contributed by atoms with E-state index in [-0.39, 0.29) is 22.4 Å². The highest BCUT2D eigenvalue weighted by Gasteiger charge is 2.36. The Morgan fingerprint density at radius 3 is 2.41 bits per heavy atom. The summed E-state index contributed by atoms with van der Waals surface area (Å²) in [6.45, 7) is 2.43. The van der Waals surface area contributed by atoms with Gasteiger partial charge in [0, 0.05) is 12.1 Å². The second-order valence-corrected chi connectivity index (χ2v) is 12.5. The Balaban J connectivity index is 1.42. The van der Waals surface area contributed by atoms with Crippen LogP contribution in [0, 0.1) is 5.82 Å². The van der Waals surface area contributed by atoms with Gasteiger partial charge >= 0.3 is 0 Å². The number of hydrogen-bond acceptors (Lipinski definition) is 9. The highest BCUT2D eigenvalue weighted by Crippen LogP contribution is 2.32. The monoisotopic (exact) mass is 572 g/mol. The summed E-state index contributed by atoms with van der Waals surface area (Å²) < 4.78 is 70.0. The summed E-state index contributed by atoms with van der Waals surface area (Å²) in [6, 6.07) is 13.6. The number of hydrogen-bond donors (Lipinski definition) is 3. The van der Waals surface area contributed by atoms with Crippen LogP contribution in [0.3, 0.4) is 0 Å². The first-order valence-corrected chi connectivity index (χ1v) is 15.1. The van der Waals surface area contributed by atoms with Crippen molar-refractivity contribution in [1.29, 1.82) is 0 Å². The molecule has 0 aliphatic heterocycles. The van der Waals surface area contributed by atoms with Gasteiger partial charge in [-0.1, -0.05) is 12.1 Å². The predicted octanol–water partition coefficient (Wildman–Crippen LogP) is 3.39. The van der Waals surface area contributed by atoms with Crippen molar-refractivity contribution in [2.24, 2.45) is 5.14 Å². The van der Waals surface area contributed by atoms with Crippen LogP contribution in [0.5, 0.6) is 5.88 Å². The van der Waals surface area contributed by atoms with Gasteiger partial charge in [-0.25, -0.2) is 36.3 Å². The lowest BCUT2D eigenvalue weighted by molar-refractivity contribution is 0.330. The fourth-order valence-corrected chi connectivity index (χ4v) is 5.72. The van der Waals surface area contributed by atoms with Crippen molar-refractivity contribution >= 4 is 42.7 Å². The van der Waals surface area contributed by atoms with Crippen molar-refractivity contribution in [3.05, 3.63) is 66.0 Å². The fourth-order valence-electron chi connectivity index (χ4n) is 3.82. The number of benzene rings is 2. The molecule has 0 saturated heterocycles. The van der Waals surface area contributed by atoms with Crippen LogP contribution in [0.4, 0.5) is 16.0 Å². The summed E-state index contributed by atoms with van der Waals surface area (Å²) >= 11 is 0. The van der Waals surface area contributed by atoms with Crippen LogP contribution in [-0.4, -0.2) is 43.6 Å². The second-order valence-electron chi connectivity index (χ2n) is 8.93. The number of nitrogens with zero attached hydrogens (tertiary/aromatic N) is 3. The van der Waals surface area contributed by atoms with E-state index in [1.54, 1.807) is 31.2 Å². The molecule has 1 aliphatic rings. The van der Waals surface area contributed by atoms with Crippen molar-refractivity contribution < 1.29 is 26.0 Å². The minimum Gasteiger partial charge on any atom is -0.476 e. The summed E-state index contributed by atoms with van der Waals surface area (Å²) in [5.41, 5.74) is 2.46. The number of nitrogens with two attached hydrogens (primary N) is 1. The topological polar surface area (TPSA) is 166 Å². The highest BCUT2D eigenvalue weighted by atomic mass is 32.2. The van der Waals surface area contributed by atoms with Crippen molar-refractivity contribution in [3.63, 3.8) is 0 Å². The quantitative estimate of drug-likeness (QED) is 0.258. The summed E-state index contributed by atoms with van der Waals surface area (Å²) in [6.07, 6.45) is 1.12. The van der Waals surface area contributed by atoms with E-state index in [9.17, 15) is 21.2 Å². The van der Waals surface area contributed by atoms with Gasteiger partial charge in [0.15, 0.2) is 5.52 Å². The number of nitrogens with one attached hydrogen (secondary N) is 2. The number of rotatable bonds is 10. The SMILES string of the molecule is CCOc1nc(NCc2ccc(S(N)(=O)=O)cc2)nc2ccc(-c3ccc(F)c(NS(=O)(=O)C4CC4)c3)nc12. The minimum absolute atomic E-state index is 0.0160. The molecule has 2 aromatic carbocycles. The van der Waals surface area contributed by atoms with Gasteiger partial charge in [0.25, 0.3) is 0 Å². The molecule has 5 rings (SSSR count). The molecule has 2 heterocycles. The predicted molar refractivity (Wildman–Crippen MR) is 145 cm³/mol. The van der Waals surface area contributed by atoms with Crippen molar-refractivity contribution in [2.45, 2.75) is 36.5 Å². The molecule has 1 saturated carbocycles. The molecule has 11 nitrogen and oxygen atoms in total. The third-order valence-electron chi connectivity index (χ3n) is 5.97. The molecule has 4 N–H and O–H groups in total. The van der Waals surface area contributed by atoms with Crippen LogP contribution >= 0.6 is 0 Å². The largest absolute Gasteiger partial charge is 0.476 e. The molecule has 2 aromatic heterocycles. The van der Waals surface area contributed by atoms with E-state index in [2.05, 4.69) is 25.0 Å². The molecule has 0 atom stereocenters. The standard InChI is InChI=1S/C25H25FN6O5S2/c1-2-37-24-23-21(30-25(31-24)28-14-15-3-6-17(7-4-15)38(27,33)34)12-11-20(29-23)16-5-10-19(26)22(13-16)32-39(35,36)18-8-9-18/h3-7,10-13,18,32H,2,8-9,14H2,1H3,(H2,27,33,34)(H,28,30,31). The molecule has 0 unspecified atom stereocenters. The average molecular weight is 573 g/mol. The number of fused-ring (bicyclic) bond motifs is 1. The maximum Gasteiger partial charge on any atom is 0.245 e. The molecule has 1 fully saturated rings. The summed E-state index contributed by atoms with van der Waals surface area (Å²) in [4.78, 5) is 13.6. The lowest BCUT2D eigenvalue weighted by atomic mass is 10.1. The van der Waals surface area contributed by atoms with Crippen molar-refractivity contribution in [1.82, 2.24) is 15.0 Å². The molecule has 14 heteroatoms. The Bertz CT molecular complexity index is 1760. The van der Waals surface area contributed by atoms with Crippen LogP contribution in [-0.2, 0) is 26.6 Å². The first kappa shape index (κ1) is 26.7. The highest BCUT2D eigenvalue weighted by molar-refractivity contribution is 7.93. The lowest BCUT2D eigenvalue weighted by Crippen LogP contribution is -2.18. The molecule has 1 aliphatic carbocycles. The molecule has 4 aromatic rings. The lowest BCUT2D eigenvalue weighted by Gasteiger charge is -2.12. The van der Waals surface area contributed by atoms with Gasteiger partial charge in [-0.2, -0.15) is 4.98 Å². The molecule has 0 radical (unpaired) electrons. The van der Waals surface area contributed by atoms with Gasteiger partial charge in [-0.15, -0.1) is 0 Å². The van der Waals surface area contributed by atoms with Gasteiger partial charge in [0.05, 0.1) is 33.7 Å². The number of anilines is 2. The van der Waals surface area contributed by atoms with E-state index in [1.807, 2.05) is 0 Å². The van der Waals surface area contributed by atoms with E-state index in [0.717, 1.165) is 5.56 Å². The third-order valence-corrected chi connectivity index (χ3v) is 8.75. The summed E-state index contributed by atoms with van der Waals surface area (Å²) in [7, 11) is -7.42. The van der Waals surface area contributed by atoms with Crippen molar-refractivity contribution in [3.8, 4) is 17.1 Å². The van der Waals surface area contributed by atoms with Crippen LogP contribution in [0.1, 0.15) is 25.3 Å². The van der Waals surface area contributed by atoms with E-state index < -0.39 is 31.1 Å². The molecule has 0 bridgehead atoms. The second kappa shape index (κ2) is 10.4. The first-order chi connectivity index (χ1) is 18.5. The molecule has 0 amide bonds. The molecular formula is C25H25FN6O5S2. The van der Waals surface area contributed by atoms with Crippen LogP contribution in [0.15, 0.2) is 59.5 Å². The Labute approximate surface area is 224 Å². The number of ether oxygens (including phenoxy) is 1. The normalized spacial score (nSPS) is 13.8. The number of aromatic nitrogens is 3. The Morgan fingerprint density at radius 1 is 1.00 bits per heavy atom. The number of sulfonamides is 2. The number of primary sulfonamides is 1. The van der Waals surface area contributed by atoms with E-state index in [1.165, 1.54) is 30.3 Å². The van der Waals surface area contributed by atoms with Crippen LogP contribution in [0.25, 0.3) is 22.3 Å². The zero-order valence-corrected chi connectivity index (χ0v) is 22.4. The zero-order valence-electron chi connectivity index (χ0n) is 20.8. The summed E-state index contributed by atoms with van der Waals surface area (Å²) in [5, 5.41) is 7.74. The van der Waals surface area contributed by atoms with E-state index >= 15 is 0 Å². The van der Waals surface area contributed by atoms with Crippen LogP contribution in [0.2, 0.25) is 0 Å². The molecule has 204 valence electrons. The van der Waals surface area contributed by atoms with Gasteiger partial charge in [-0.05, 0) is 67.8 Å². The Hall–Kier alpha value is -3.88. The van der Waals surface area contributed by atoms with Gasteiger partial charge < -0.3 is 10.1 Å². The molecule has 39 heavy (non-hydrogen) atoms. The average Bonchev–Trinajstić information content (AvgIpc) is 3.75. The molecular weight excluding hydrogens is 547 g/mol. The number of pyridine rings is 1. The Morgan fingerprint density at radius 2 is 1.74 bits per heavy atom. The third kappa shape index (κ3) is 6.08. The van der Waals surface area contributed by atoms with Crippen molar-refractivity contribution in [2.75, 3.05) is 16.6 Å². The van der Waals surface area contributed by atoms with Gasteiger partial charge in [-0.3, -0.25) is 4.72 Å². The first-order valence-electron chi connectivity index (χ1n) is 12.0. The van der Waals surface area contributed by atoms with E-state index in [0.29, 0.717) is 48.3 Å². The summed E-state index contributed by atoms with van der Waals surface area (Å²) in [5.74, 6) is -0.181. The fraction of sp³-hybridized carbons (Fsp3) is 0.240. The van der Waals surface area contributed by atoms with Gasteiger partial charge in [0.2, 0.25) is 31.9 Å². The maximum atomic E-state index is 14.4. The minimum atomic E-state index is -3.78. The Kier molecular flexibility index (Phi) is 7.09. The number of halogens is 1. The zero-order chi connectivity index (χ0) is 27.8. The van der Waals surface area contributed by atoms with Crippen LogP contribution < -0.4 is 19.9 Å². The molecule has 0 spiro atoms.